The predicted octanol–water partition coefficient (Wildman–Crippen LogP) is 3.31. The maximum atomic E-state index is 12.5. The third kappa shape index (κ3) is 4.32. The van der Waals surface area contributed by atoms with Gasteiger partial charge in [-0.2, -0.15) is 0 Å². The maximum Gasteiger partial charge on any atom is 0.259 e. The number of benzene rings is 1. The Morgan fingerprint density at radius 1 is 1.30 bits per heavy atom. The van der Waals surface area contributed by atoms with Gasteiger partial charge in [0.25, 0.3) is 5.56 Å². The fourth-order valence-electron chi connectivity index (χ4n) is 3.18. The summed E-state index contributed by atoms with van der Waals surface area (Å²) in [6.45, 7) is 7.27. The van der Waals surface area contributed by atoms with Crippen LogP contribution >= 0.6 is 23.1 Å². The number of aromatic amines is 1. The van der Waals surface area contributed by atoms with Crippen LogP contribution in [0.3, 0.4) is 0 Å². The van der Waals surface area contributed by atoms with Crippen LogP contribution in [-0.2, 0) is 17.1 Å². The molecule has 0 radical (unpaired) electrons. The molecule has 1 aliphatic heterocycles. The Morgan fingerprint density at radius 2 is 2.07 bits per heavy atom. The van der Waals surface area contributed by atoms with E-state index < -0.39 is 0 Å². The van der Waals surface area contributed by atoms with Crippen LogP contribution in [0.25, 0.3) is 10.2 Å². The molecule has 0 saturated carbocycles. The summed E-state index contributed by atoms with van der Waals surface area (Å²) < 4.78 is 11.1. The number of hydrogen-bond acceptors (Lipinski definition) is 7. The number of carbonyl (C=O) groups excluding carboxylic acids is 1. The van der Waals surface area contributed by atoms with Crippen molar-refractivity contribution in [2.75, 3.05) is 13.2 Å². The van der Waals surface area contributed by atoms with Crippen LogP contribution in [0.1, 0.15) is 28.8 Å². The van der Waals surface area contributed by atoms with Crippen LogP contribution in [0, 0.1) is 13.8 Å². The third-order valence-electron chi connectivity index (χ3n) is 5.00. The second-order valence-electron chi connectivity index (χ2n) is 7.13. The molecule has 1 aliphatic rings. The monoisotopic (exact) mass is 445 g/mol. The molecule has 9 heteroatoms. The summed E-state index contributed by atoms with van der Waals surface area (Å²) in [5, 5.41) is 3.33. The number of aromatic nitrogens is 2. The van der Waals surface area contributed by atoms with Gasteiger partial charge in [-0.3, -0.25) is 9.59 Å². The van der Waals surface area contributed by atoms with Gasteiger partial charge >= 0.3 is 0 Å². The van der Waals surface area contributed by atoms with Gasteiger partial charge in [0, 0.05) is 11.4 Å². The Balaban J connectivity index is 1.34. The summed E-state index contributed by atoms with van der Waals surface area (Å²) in [6, 6.07) is 5.67. The van der Waals surface area contributed by atoms with Gasteiger partial charge in [-0.05, 0) is 44.0 Å². The number of carbonyl (C=O) groups is 1. The molecule has 0 unspecified atom stereocenters. The lowest BCUT2D eigenvalue weighted by molar-refractivity contribution is -0.120. The van der Waals surface area contributed by atoms with Crippen LogP contribution in [0.2, 0.25) is 0 Å². The van der Waals surface area contributed by atoms with Crippen LogP contribution in [0.15, 0.2) is 23.0 Å². The topological polar surface area (TPSA) is 93.3 Å². The van der Waals surface area contributed by atoms with Crippen molar-refractivity contribution in [1.82, 2.24) is 15.3 Å². The molecule has 3 aromatic rings. The van der Waals surface area contributed by atoms with Crippen LogP contribution in [-0.4, -0.2) is 34.3 Å². The largest absolute Gasteiger partial charge is 0.486 e. The Hall–Kier alpha value is -2.52. The summed E-state index contributed by atoms with van der Waals surface area (Å²) in [5.41, 5.74) is 1.81. The average molecular weight is 446 g/mol. The molecule has 4 rings (SSSR count). The first-order valence-corrected chi connectivity index (χ1v) is 11.6. The maximum absolute atomic E-state index is 12.5. The zero-order chi connectivity index (χ0) is 21.3. The first kappa shape index (κ1) is 20.7. The molecule has 3 heterocycles. The molecule has 2 N–H and O–H groups in total. The number of thioether (sulfide) groups is 1. The van der Waals surface area contributed by atoms with Gasteiger partial charge in [-0.25, -0.2) is 4.98 Å². The van der Waals surface area contributed by atoms with E-state index >= 15 is 0 Å². The molecule has 158 valence electrons. The third-order valence-corrected chi connectivity index (χ3v) is 7.26. The second-order valence-corrected chi connectivity index (χ2v) is 9.66. The average Bonchev–Trinajstić information content (AvgIpc) is 3.03. The van der Waals surface area contributed by atoms with Gasteiger partial charge in [-0.15, -0.1) is 23.1 Å². The van der Waals surface area contributed by atoms with Crippen molar-refractivity contribution < 1.29 is 14.3 Å². The fourth-order valence-corrected chi connectivity index (χ4v) is 5.01. The summed E-state index contributed by atoms with van der Waals surface area (Å²) in [6.07, 6.45) is 0. The molecule has 7 nitrogen and oxygen atoms in total. The quantitative estimate of drug-likeness (QED) is 0.605. The zero-order valence-electron chi connectivity index (χ0n) is 17.0. The molecule has 0 aliphatic carbocycles. The number of hydrogen-bond donors (Lipinski definition) is 2. The Morgan fingerprint density at radius 3 is 2.87 bits per heavy atom. The second kappa shape index (κ2) is 8.69. The van der Waals surface area contributed by atoms with Crippen molar-refractivity contribution in [1.29, 1.82) is 0 Å². The lowest BCUT2D eigenvalue weighted by Gasteiger charge is -2.19. The number of H-pyrrole nitrogens is 1. The smallest absolute Gasteiger partial charge is 0.259 e. The first-order chi connectivity index (χ1) is 14.4. The summed E-state index contributed by atoms with van der Waals surface area (Å²) in [5.74, 6) is 2.42. The standard InChI is InChI=1S/C21H23N3O4S2/c1-11-12(2)30-21-18(11)20(26)23-17(24-21)10-29-13(3)19(25)22-9-14-4-5-15-16(8-14)28-7-6-27-15/h4-5,8,13H,6-7,9-10H2,1-3H3,(H,22,25)(H,23,24,26)/t13-/m0/s1. The molecule has 0 saturated heterocycles. The van der Waals surface area contributed by atoms with Crippen LogP contribution < -0.4 is 20.3 Å². The number of rotatable bonds is 6. The Kier molecular flexibility index (Phi) is 6.01. The number of amides is 1. The molecule has 0 fully saturated rings. The highest BCUT2D eigenvalue weighted by Crippen LogP contribution is 2.31. The van der Waals surface area contributed by atoms with Gasteiger partial charge < -0.3 is 19.8 Å². The minimum absolute atomic E-state index is 0.0684. The van der Waals surface area contributed by atoms with E-state index in [1.54, 1.807) is 0 Å². The summed E-state index contributed by atoms with van der Waals surface area (Å²) in [4.78, 5) is 34.1. The van der Waals surface area contributed by atoms with Gasteiger partial charge in [0.05, 0.1) is 16.4 Å². The molecule has 1 amide bonds. The first-order valence-electron chi connectivity index (χ1n) is 9.69. The minimum atomic E-state index is -0.282. The Labute approximate surface area is 182 Å². The number of aryl methyl sites for hydroxylation is 2. The van der Waals surface area contributed by atoms with Gasteiger partial charge in [0.15, 0.2) is 11.5 Å². The van der Waals surface area contributed by atoms with Crippen LogP contribution in [0.5, 0.6) is 11.5 Å². The zero-order valence-corrected chi connectivity index (χ0v) is 18.7. The van der Waals surface area contributed by atoms with Crippen molar-refractivity contribution in [2.45, 2.75) is 38.3 Å². The van der Waals surface area contributed by atoms with E-state index in [4.69, 9.17) is 9.47 Å². The van der Waals surface area contributed by atoms with Gasteiger partial charge in [0.1, 0.15) is 23.9 Å². The summed E-state index contributed by atoms with van der Waals surface area (Å²) in [7, 11) is 0. The van der Waals surface area contributed by atoms with E-state index in [1.807, 2.05) is 39.0 Å². The molecule has 30 heavy (non-hydrogen) atoms. The highest BCUT2D eigenvalue weighted by molar-refractivity contribution is 7.99. The van der Waals surface area contributed by atoms with E-state index in [0.29, 0.717) is 42.5 Å². The Bertz CT molecular complexity index is 1160. The lowest BCUT2D eigenvalue weighted by atomic mass is 10.2. The molecule has 0 spiro atoms. The number of nitrogens with one attached hydrogen (secondary N) is 2. The predicted molar refractivity (Wildman–Crippen MR) is 120 cm³/mol. The number of ether oxygens (including phenoxy) is 2. The summed E-state index contributed by atoms with van der Waals surface area (Å²) >= 11 is 2.96. The molecular weight excluding hydrogens is 422 g/mol. The highest BCUT2D eigenvalue weighted by Gasteiger charge is 2.17. The number of fused-ring (bicyclic) bond motifs is 2. The molecular formula is C21H23N3O4S2. The fraction of sp³-hybridized carbons (Fsp3) is 0.381. The van der Waals surface area contributed by atoms with Crippen molar-refractivity contribution in [2.24, 2.45) is 0 Å². The normalized spacial score (nSPS) is 14.0. The molecule has 2 aromatic heterocycles. The lowest BCUT2D eigenvalue weighted by Crippen LogP contribution is -2.30. The van der Waals surface area contributed by atoms with Gasteiger partial charge in [-0.1, -0.05) is 6.07 Å². The van der Waals surface area contributed by atoms with Gasteiger partial charge in [0.2, 0.25) is 5.91 Å². The van der Waals surface area contributed by atoms with Crippen molar-refractivity contribution in [3.63, 3.8) is 0 Å². The molecule has 1 atom stereocenters. The highest BCUT2D eigenvalue weighted by atomic mass is 32.2. The van der Waals surface area contributed by atoms with E-state index in [-0.39, 0.29) is 16.7 Å². The van der Waals surface area contributed by atoms with E-state index in [0.717, 1.165) is 26.6 Å². The molecule has 1 aromatic carbocycles. The molecule has 0 bridgehead atoms. The SMILES string of the molecule is Cc1sc2nc(CS[C@@H](C)C(=O)NCc3ccc4c(c3)OCCO4)[nH]c(=O)c2c1C. The number of nitrogens with zero attached hydrogens (tertiary/aromatic N) is 1. The van der Waals surface area contributed by atoms with Crippen molar-refractivity contribution in [3.8, 4) is 11.5 Å². The van der Waals surface area contributed by atoms with Crippen molar-refractivity contribution >= 4 is 39.2 Å². The van der Waals surface area contributed by atoms with Crippen LogP contribution in [0.4, 0.5) is 0 Å². The van der Waals surface area contributed by atoms with Crippen molar-refractivity contribution in [3.05, 3.63) is 50.4 Å². The number of thiophene rings is 1. The van der Waals surface area contributed by atoms with E-state index in [2.05, 4.69) is 15.3 Å². The van der Waals surface area contributed by atoms with E-state index in [1.165, 1.54) is 23.1 Å². The minimum Gasteiger partial charge on any atom is -0.486 e. The van der Waals surface area contributed by atoms with E-state index in [9.17, 15) is 9.59 Å².